The Kier molecular flexibility index (Phi) is 4.34. The molecule has 0 heterocycles. The summed E-state index contributed by atoms with van der Waals surface area (Å²) in [5, 5.41) is 0. The topological polar surface area (TPSA) is 26.3 Å². The molecular formula is C8H12O2. The number of hydrogen-bond donors (Lipinski definition) is 0. The van der Waals surface area contributed by atoms with Crippen LogP contribution in [0.4, 0.5) is 0 Å². The molecule has 0 radical (unpaired) electrons. The van der Waals surface area contributed by atoms with E-state index in [0.717, 1.165) is 0 Å². The first-order valence-corrected chi connectivity index (χ1v) is 3.19. The molecule has 0 rings (SSSR count). The Morgan fingerprint density at radius 2 is 2.40 bits per heavy atom. The van der Waals surface area contributed by atoms with Gasteiger partial charge in [0.15, 0.2) is 0 Å². The molecule has 0 aromatic rings. The zero-order chi connectivity index (χ0) is 7.98. The summed E-state index contributed by atoms with van der Waals surface area (Å²) >= 11 is 0. The van der Waals surface area contributed by atoms with E-state index < -0.39 is 0 Å². The van der Waals surface area contributed by atoms with Crippen LogP contribution in [0, 0.1) is 5.92 Å². The van der Waals surface area contributed by atoms with Crippen molar-refractivity contribution in [1.82, 2.24) is 0 Å². The van der Waals surface area contributed by atoms with Crippen LogP contribution in [-0.4, -0.2) is 12.6 Å². The molecule has 0 N–H and O–H groups in total. The molecule has 0 fully saturated rings. The van der Waals surface area contributed by atoms with Gasteiger partial charge >= 0.3 is 5.97 Å². The van der Waals surface area contributed by atoms with Crippen molar-refractivity contribution in [3.05, 3.63) is 18.4 Å². The molecule has 0 aromatic carbocycles. The Balaban J connectivity index is 3.50. The monoisotopic (exact) mass is 140 g/mol. The maximum Gasteiger partial charge on any atom is 0.338 e. The Hall–Kier alpha value is -1.01. The lowest BCUT2D eigenvalue weighted by molar-refractivity contribution is -0.138. The van der Waals surface area contributed by atoms with E-state index in [2.05, 4.69) is 12.3 Å². The van der Waals surface area contributed by atoms with Gasteiger partial charge in [-0.3, -0.25) is 0 Å². The fraction of sp³-hybridized carbons (Fsp3) is 0.500. The summed E-state index contributed by atoms with van der Waals surface area (Å²) in [5.74, 6) is 0.00543. The van der Waals surface area contributed by atoms with E-state index >= 15 is 0 Å². The van der Waals surface area contributed by atoms with Crippen LogP contribution in [-0.2, 0) is 9.53 Å². The Morgan fingerprint density at radius 3 is 2.80 bits per heavy atom. The Labute approximate surface area is 61.2 Å². The first-order valence-electron chi connectivity index (χ1n) is 3.19. The molecule has 0 aromatic heterocycles. The summed E-state index contributed by atoms with van der Waals surface area (Å²) in [4.78, 5) is 10.6. The number of carbonyl (C=O) groups excluding carboxylic acids is 1. The number of ether oxygens (including phenoxy) is 1. The third-order valence-electron chi connectivity index (χ3n) is 0.779. The second-order valence-electron chi connectivity index (χ2n) is 2.37. The highest BCUT2D eigenvalue weighted by Crippen LogP contribution is 1.92. The zero-order valence-electron chi connectivity index (χ0n) is 6.39. The van der Waals surface area contributed by atoms with Gasteiger partial charge in [-0.1, -0.05) is 20.4 Å². The second-order valence-corrected chi connectivity index (χ2v) is 2.37. The van der Waals surface area contributed by atoms with Gasteiger partial charge in [-0.15, -0.1) is 5.73 Å². The first-order chi connectivity index (χ1) is 4.66. The standard InChI is InChI=1S/C8H12O2/c1-4-5-8(9)10-6-7(2)3/h5,7H,1,6H2,2-3H3. The highest BCUT2D eigenvalue weighted by Gasteiger charge is 1.97. The highest BCUT2D eigenvalue weighted by atomic mass is 16.5. The molecule has 0 unspecified atom stereocenters. The minimum absolute atomic E-state index is 0.372. The van der Waals surface area contributed by atoms with Gasteiger partial charge in [-0.05, 0) is 5.92 Å². The Morgan fingerprint density at radius 1 is 1.80 bits per heavy atom. The molecule has 10 heavy (non-hydrogen) atoms. The van der Waals surface area contributed by atoms with E-state index in [1.165, 1.54) is 6.08 Å². The van der Waals surface area contributed by atoms with Gasteiger partial charge in [-0.25, -0.2) is 4.79 Å². The molecule has 0 atom stereocenters. The van der Waals surface area contributed by atoms with Crippen LogP contribution in [0.1, 0.15) is 13.8 Å². The summed E-state index contributed by atoms with van der Waals surface area (Å²) in [6, 6.07) is 0. The quantitative estimate of drug-likeness (QED) is 0.337. The summed E-state index contributed by atoms with van der Waals surface area (Å²) in [6.07, 6.45) is 1.18. The Bertz CT molecular complexity index is 153. The van der Waals surface area contributed by atoms with Gasteiger partial charge in [0.05, 0.1) is 12.7 Å². The lowest BCUT2D eigenvalue weighted by Crippen LogP contribution is -2.06. The predicted molar refractivity (Wildman–Crippen MR) is 39.5 cm³/mol. The van der Waals surface area contributed by atoms with E-state index in [1.54, 1.807) is 0 Å². The van der Waals surface area contributed by atoms with Crippen LogP contribution in [0.2, 0.25) is 0 Å². The van der Waals surface area contributed by atoms with E-state index in [4.69, 9.17) is 4.74 Å². The molecule has 0 spiro atoms. The normalized spacial score (nSPS) is 8.70. The number of hydrogen-bond acceptors (Lipinski definition) is 2. The molecule has 0 amide bonds. The summed E-state index contributed by atoms with van der Waals surface area (Å²) in [6.45, 7) is 7.66. The summed E-state index contributed by atoms with van der Waals surface area (Å²) in [5.41, 5.74) is 2.34. The molecule has 2 nitrogen and oxygen atoms in total. The van der Waals surface area contributed by atoms with Crippen LogP contribution < -0.4 is 0 Å². The SMILES string of the molecule is C=C=CC(=O)OCC(C)C. The van der Waals surface area contributed by atoms with Gasteiger partial charge in [-0.2, -0.15) is 0 Å². The maximum atomic E-state index is 10.6. The molecule has 0 aliphatic heterocycles. The zero-order valence-corrected chi connectivity index (χ0v) is 6.39. The molecular weight excluding hydrogens is 128 g/mol. The molecule has 0 aliphatic rings. The van der Waals surface area contributed by atoms with Gasteiger partial charge in [0.1, 0.15) is 0 Å². The molecule has 0 bridgehead atoms. The summed E-state index contributed by atoms with van der Waals surface area (Å²) in [7, 11) is 0. The molecule has 0 saturated heterocycles. The fourth-order valence-corrected chi connectivity index (χ4v) is 0.374. The van der Waals surface area contributed by atoms with E-state index in [9.17, 15) is 4.79 Å². The van der Waals surface area contributed by atoms with Crippen molar-refractivity contribution >= 4 is 5.97 Å². The maximum absolute atomic E-state index is 10.6. The number of carbonyl (C=O) groups is 1. The van der Waals surface area contributed by atoms with Crippen molar-refractivity contribution in [3.63, 3.8) is 0 Å². The third-order valence-corrected chi connectivity index (χ3v) is 0.779. The second kappa shape index (κ2) is 4.83. The minimum atomic E-state index is -0.372. The van der Waals surface area contributed by atoms with Gasteiger partial charge < -0.3 is 4.74 Å². The third kappa shape index (κ3) is 5.13. The van der Waals surface area contributed by atoms with Gasteiger partial charge in [0, 0.05) is 0 Å². The lowest BCUT2D eigenvalue weighted by Gasteiger charge is -2.02. The van der Waals surface area contributed by atoms with Crippen LogP contribution >= 0.6 is 0 Å². The van der Waals surface area contributed by atoms with E-state index in [1.807, 2.05) is 13.8 Å². The molecule has 56 valence electrons. The van der Waals surface area contributed by atoms with Crippen molar-refractivity contribution in [2.24, 2.45) is 5.92 Å². The van der Waals surface area contributed by atoms with Crippen molar-refractivity contribution < 1.29 is 9.53 Å². The highest BCUT2D eigenvalue weighted by molar-refractivity contribution is 5.81. The van der Waals surface area contributed by atoms with Gasteiger partial charge in [0.25, 0.3) is 0 Å². The van der Waals surface area contributed by atoms with Crippen molar-refractivity contribution in [2.75, 3.05) is 6.61 Å². The van der Waals surface area contributed by atoms with Crippen molar-refractivity contribution in [3.8, 4) is 0 Å². The van der Waals surface area contributed by atoms with E-state index in [-0.39, 0.29) is 5.97 Å². The summed E-state index contributed by atoms with van der Waals surface area (Å²) < 4.78 is 4.75. The van der Waals surface area contributed by atoms with E-state index in [0.29, 0.717) is 12.5 Å². The largest absolute Gasteiger partial charge is 0.462 e. The molecule has 0 aliphatic carbocycles. The molecule has 0 saturated carbocycles. The van der Waals surface area contributed by atoms with Crippen LogP contribution in [0.15, 0.2) is 18.4 Å². The minimum Gasteiger partial charge on any atom is -0.462 e. The van der Waals surface area contributed by atoms with Crippen LogP contribution in [0.25, 0.3) is 0 Å². The molecule has 2 heteroatoms. The average Bonchev–Trinajstić information content (AvgIpc) is 1.85. The lowest BCUT2D eigenvalue weighted by atomic mass is 10.2. The fourth-order valence-electron chi connectivity index (χ4n) is 0.374. The first kappa shape index (κ1) is 8.99. The number of rotatable bonds is 3. The average molecular weight is 140 g/mol. The van der Waals surface area contributed by atoms with Gasteiger partial charge in [0.2, 0.25) is 0 Å². The van der Waals surface area contributed by atoms with Crippen LogP contribution in [0.3, 0.4) is 0 Å². The van der Waals surface area contributed by atoms with Crippen molar-refractivity contribution in [1.29, 1.82) is 0 Å². The number of esters is 1. The predicted octanol–water partition coefficient (Wildman–Crippen LogP) is 1.53. The van der Waals surface area contributed by atoms with Crippen LogP contribution in [0.5, 0.6) is 0 Å². The van der Waals surface area contributed by atoms with Crippen molar-refractivity contribution in [2.45, 2.75) is 13.8 Å². The smallest absolute Gasteiger partial charge is 0.338 e.